The Morgan fingerprint density at radius 2 is 1.84 bits per heavy atom. The molecule has 0 saturated carbocycles. The first kappa shape index (κ1) is 25.2. The Morgan fingerprint density at radius 3 is 2.57 bits per heavy atom. The first-order valence-electron chi connectivity index (χ1n) is 12.2. The SMILES string of the molecule is Cc1cc([C@H]2[C@H](c3ccccn3)NC(=S)N2CCC(=O)Nc2ccccc2)c(C)n1-c1cccc(Br)c1. The number of nitrogens with one attached hydrogen (secondary N) is 2. The van der Waals surface area contributed by atoms with Gasteiger partial charge in [0.05, 0.1) is 17.8 Å². The third-order valence-corrected chi connectivity index (χ3v) is 7.54. The van der Waals surface area contributed by atoms with Crippen molar-refractivity contribution in [2.45, 2.75) is 32.4 Å². The maximum Gasteiger partial charge on any atom is 0.226 e. The summed E-state index contributed by atoms with van der Waals surface area (Å²) in [5.41, 5.74) is 6.21. The molecule has 4 aromatic rings. The minimum absolute atomic E-state index is 0.0476. The van der Waals surface area contributed by atoms with Gasteiger partial charge >= 0.3 is 0 Å². The molecule has 1 saturated heterocycles. The summed E-state index contributed by atoms with van der Waals surface area (Å²) in [6.45, 7) is 4.74. The molecule has 1 amide bonds. The molecule has 1 aliphatic heterocycles. The van der Waals surface area contributed by atoms with Crippen molar-refractivity contribution in [2.24, 2.45) is 0 Å². The summed E-state index contributed by atoms with van der Waals surface area (Å²) in [7, 11) is 0. The fourth-order valence-corrected chi connectivity index (χ4v) is 5.77. The number of thiocarbonyl (C=S) groups is 1. The second-order valence-corrected chi connectivity index (χ2v) is 10.4. The van der Waals surface area contributed by atoms with E-state index in [1.807, 2.05) is 60.7 Å². The number of anilines is 1. The number of pyridine rings is 1. The summed E-state index contributed by atoms with van der Waals surface area (Å²) >= 11 is 9.41. The van der Waals surface area contributed by atoms with E-state index >= 15 is 0 Å². The number of halogens is 1. The van der Waals surface area contributed by atoms with Crippen molar-refractivity contribution in [1.29, 1.82) is 0 Å². The Kier molecular flexibility index (Phi) is 7.39. The van der Waals surface area contributed by atoms with E-state index in [-0.39, 0.29) is 18.0 Å². The third kappa shape index (κ3) is 5.31. The first-order chi connectivity index (χ1) is 17.9. The molecule has 0 unspecified atom stereocenters. The zero-order valence-corrected chi connectivity index (χ0v) is 23.1. The average molecular weight is 575 g/mol. The first-order valence-corrected chi connectivity index (χ1v) is 13.4. The lowest BCUT2D eigenvalue weighted by atomic mass is 9.96. The zero-order valence-electron chi connectivity index (χ0n) is 20.7. The highest BCUT2D eigenvalue weighted by molar-refractivity contribution is 9.10. The number of carbonyl (C=O) groups is 1. The van der Waals surface area contributed by atoms with Gasteiger partial charge in [-0.05, 0) is 80.2 Å². The quantitative estimate of drug-likeness (QED) is 0.256. The van der Waals surface area contributed by atoms with E-state index in [1.54, 1.807) is 6.20 Å². The van der Waals surface area contributed by atoms with Crippen molar-refractivity contribution in [3.63, 3.8) is 0 Å². The van der Waals surface area contributed by atoms with E-state index < -0.39 is 0 Å². The number of carbonyl (C=O) groups excluding carboxylic acids is 1. The maximum atomic E-state index is 12.8. The standard InChI is InChI=1S/C29H28BrN5OS/c1-19-17-24(20(2)35(19)23-12-8-9-21(30)18-23)28-27(25-13-6-7-15-31-25)33-29(37)34(28)16-14-26(36)32-22-10-4-3-5-11-22/h3-13,15,17-18,27-28H,14,16H2,1-2H3,(H,32,36)(H,33,37)/t27-,28-/m0/s1. The number of aryl methyl sites for hydroxylation is 1. The van der Waals surface area contributed by atoms with Crippen LogP contribution in [0.4, 0.5) is 5.69 Å². The number of nitrogens with zero attached hydrogens (tertiary/aromatic N) is 3. The van der Waals surface area contributed by atoms with E-state index in [0.717, 1.165) is 38.5 Å². The van der Waals surface area contributed by atoms with Crippen LogP contribution in [0.2, 0.25) is 0 Å². The van der Waals surface area contributed by atoms with Gasteiger partial charge in [-0.25, -0.2) is 0 Å². The second-order valence-electron chi connectivity index (χ2n) is 9.13. The Labute approximate surface area is 230 Å². The molecule has 2 atom stereocenters. The van der Waals surface area contributed by atoms with Gasteiger partial charge < -0.3 is 20.1 Å². The molecule has 0 bridgehead atoms. The molecular weight excluding hydrogens is 546 g/mol. The van der Waals surface area contributed by atoms with Gasteiger partial charge in [0.2, 0.25) is 5.91 Å². The predicted molar refractivity (Wildman–Crippen MR) is 155 cm³/mol. The van der Waals surface area contributed by atoms with Gasteiger partial charge in [-0.1, -0.05) is 46.3 Å². The van der Waals surface area contributed by atoms with E-state index in [0.29, 0.717) is 18.1 Å². The maximum absolute atomic E-state index is 12.8. The molecule has 1 fully saturated rings. The van der Waals surface area contributed by atoms with E-state index in [2.05, 4.69) is 73.1 Å². The third-order valence-electron chi connectivity index (χ3n) is 6.69. The number of benzene rings is 2. The van der Waals surface area contributed by atoms with Crippen molar-refractivity contribution in [2.75, 3.05) is 11.9 Å². The Hall–Kier alpha value is -3.49. The molecular formula is C29H28BrN5OS. The topological polar surface area (TPSA) is 62.2 Å². The fraction of sp³-hybridized carbons (Fsp3) is 0.207. The van der Waals surface area contributed by atoms with Crippen LogP contribution in [0.15, 0.2) is 89.5 Å². The molecule has 2 aromatic heterocycles. The van der Waals surface area contributed by atoms with E-state index in [1.165, 1.54) is 0 Å². The van der Waals surface area contributed by atoms with Gasteiger partial charge in [-0.3, -0.25) is 9.78 Å². The highest BCUT2D eigenvalue weighted by Crippen LogP contribution is 2.41. The number of amides is 1. The minimum Gasteiger partial charge on any atom is -0.352 e. The van der Waals surface area contributed by atoms with Crippen LogP contribution in [-0.4, -0.2) is 32.0 Å². The van der Waals surface area contributed by atoms with Crippen molar-refractivity contribution in [1.82, 2.24) is 19.8 Å². The molecule has 6 nitrogen and oxygen atoms in total. The van der Waals surface area contributed by atoms with E-state index in [9.17, 15) is 4.79 Å². The second kappa shape index (κ2) is 10.9. The average Bonchev–Trinajstić information content (AvgIpc) is 3.38. The van der Waals surface area contributed by atoms with Crippen molar-refractivity contribution < 1.29 is 4.79 Å². The van der Waals surface area contributed by atoms with Gasteiger partial charge in [-0.15, -0.1) is 0 Å². The van der Waals surface area contributed by atoms with Crippen molar-refractivity contribution in [3.05, 3.63) is 112 Å². The lowest BCUT2D eigenvalue weighted by Crippen LogP contribution is -2.32. The number of rotatable bonds is 7. The molecule has 2 aromatic carbocycles. The summed E-state index contributed by atoms with van der Waals surface area (Å²) in [5, 5.41) is 7.10. The predicted octanol–water partition coefficient (Wildman–Crippen LogP) is 6.25. The summed E-state index contributed by atoms with van der Waals surface area (Å²) in [4.78, 5) is 19.6. The van der Waals surface area contributed by atoms with Crippen molar-refractivity contribution in [3.8, 4) is 5.69 Å². The van der Waals surface area contributed by atoms with Crippen LogP contribution < -0.4 is 10.6 Å². The highest BCUT2D eigenvalue weighted by Gasteiger charge is 2.41. The molecule has 1 aliphatic rings. The molecule has 2 N–H and O–H groups in total. The van der Waals surface area contributed by atoms with Crippen LogP contribution in [0.1, 0.15) is 41.1 Å². The Balaban J connectivity index is 1.48. The monoisotopic (exact) mass is 573 g/mol. The largest absolute Gasteiger partial charge is 0.352 e. The molecule has 0 spiro atoms. The smallest absolute Gasteiger partial charge is 0.226 e. The molecule has 0 aliphatic carbocycles. The Morgan fingerprint density at radius 1 is 1.05 bits per heavy atom. The molecule has 0 radical (unpaired) electrons. The summed E-state index contributed by atoms with van der Waals surface area (Å²) < 4.78 is 3.29. The number of hydrogen-bond acceptors (Lipinski definition) is 3. The fourth-order valence-electron chi connectivity index (χ4n) is 5.05. The lowest BCUT2D eigenvalue weighted by Gasteiger charge is -2.28. The van der Waals surface area contributed by atoms with Gasteiger partial charge in [0.25, 0.3) is 0 Å². The van der Waals surface area contributed by atoms with Gasteiger partial charge in [-0.2, -0.15) is 0 Å². The molecule has 8 heteroatoms. The summed E-state index contributed by atoms with van der Waals surface area (Å²) in [6.07, 6.45) is 2.12. The Bertz CT molecular complexity index is 1420. The number of para-hydroxylation sites is 1. The normalized spacial score (nSPS) is 17.1. The molecule has 5 rings (SSSR count). The van der Waals surface area contributed by atoms with Crippen LogP contribution >= 0.6 is 28.1 Å². The van der Waals surface area contributed by atoms with Crippen molar-refractivity contribution >= 4 is 44.9 Å². The van der Waals surface area contributed by atoms with Gasteiger partial charge in [0.1, 0.15) is 0 Å². The van der Waals surface area contributed by atoms with Crippen LogP contribution in [0.25, 0.3) is 5.69 Å². The molecule has 37 heavy (non-hydrogen) atoms. The highest BCUT2D eigenvalue weighted by atomic mass is 79.9. The van der Waals surface area contributed by atoms with Crippen LogP contribution in [0.5, 0.6) is 0 Å². The molecule has 188 valence electrons. The molecule has 3 heterocycles. The van der Waals surface area contributed by atoms with Gasteiger partial charge in [0.15, 0.2) is 5.11 Å². The zero-order chi connectivity index (χ0) is 25.9. The van der Waals surface area contributed by atoms with Gasteiger partial charge in [0, 0.05) is 46.4 Å². The lowest BCUT2D eigenvalue weighted by molar-refractivity contribution is -0.116. The number of aromatic nitrogens is 2. The van der Waals surface area contributed by atoms with Crippen LogP contribution in [0, 0.1) is 13.8 Å². The van der Waals surface area contributed by atoms with Crippen LogP contribution in [0.3, 0.4) is 0 Å². The minimum atomic E-state index is -0.137. The number of hydrogen-bond donors (Lipinski definition) is 2. The summed E-state index contributed by atoms with van der Waals surface area (Å²) in [6, 6.07) is 25.7. The van der Waals surface area contributed by atoms with E-state index in [4.69, 9.17) is 12.2 Å². The summed E-state index contributed by atoms with van der Waals surface area (Å²) in [5.74, 6) is -0.0476. The van der Waals surface area contributed by atoms with Crippen LogP contribution in [-0.2, 0) is 4.79 Å².